The van der Waals surface area contributed by atoms with Gasteiger partial charge in [-0.05, 0) is 38.1 Å². The van der Waals surface area contributed by atoms with Crippen molar-refractivity contribution in [3.05, 3.63) is 88.6 Å². The Labute approximate surface area is 214 Å². The predicted octanol–water partition coefficient (Wildman–Crippen LogP) is 2.43. The number of allylic oxidation sites excluding steroid dienone is 1. The molecule has 0 saturated heterocycles. The summed E-state index contributed by atoms with van der Waals surface area (Å²) in [6, 6.07) is 7.62. The molecule has 2 heterocycles. The number of nitro groups is 1. The largest absolute Gasteiger partial charge is 0.507 e. The topological polar surface area (TPSA) is 142 Å². The molecule has 4 rings (SSSR count). The third-order valence-corrected chi connectivity index (χ3v) is 6.74. The molecule has 37 heavy (non-hydrogen) atoms. The van der Waals surface area contributed by atoms with Gasteiger partial charge in [-0.2, -0.15) is 0 Å². The monoisotopic (exact) mass is 525 g/mol. The summed E-state index contributed by atoms with van der Waals surface area (Å²) in [5.41, 5.74) is 0.394. The Balaban J connectivity index is 2.00. The number of esters is 1. The lowest BCUT2D eigenvalue weighted by Gasteiger charge is -2.26. The van der Waals surface area contributed by atoms with Crippen molar-refractivity contribution in [3.63, 3.8) is 0 Å². The number of fused-ring (bicyclic) bond motifs is 1. The van der Waals surface area contributed by atoms with Crippen LogP contribution in [0, 0.1) is 10.1 Å². The van der Waals surface area contributed by atoms with Crippen molar-refractivity contribution >= 4 is 29.1 Å². The molecule has 1 aliphatic heterocycles. The number of ether oxygens (including phenoxy) is 3. The molecule has 0 unspecified atom stereocenters. The minimum Gasteiger partial charge on any atom is -0.507 e. The van der Waals surface area contributed by atoms with Crippen LogP contribution in [0.1, 0.15) is 31.0 Å². The van der Waals surface area contributed by atoms with Crippen molar-refractivity contribution in [3.8, 4) is 17.2 Å². The van der Waals surface area contributed by atoms with E-state index in [1.165, 1.54) is 43.1 Å². The van der Waals surface area contributed by atoms with E-state index in [-0.39, 0.29) is 33.7 Å². The Kier molecular flexibility index (Phi) is 7.11. The lowest BCUT2D eigenvalue weighted by molar-refractivity contribution is -0.384. The molecule has 3 aromatic rings. The number of phenolic OH excluding ortho intramolecular Hbond substituents is 1. The molecule has 192 valence electrons. The average Bonchev–Trinajstić information content (AvgIpc) is 3.18. The van der Waals surface area contributed by atoms with E-state index < -0.39 is 22.5 Å². The molecule has 0 amide bonds. The number of aromatic hydroxyl groups is 1. The minimum absolute atomic E-state index is 0.0966. The molecule has 11 nitrogen and oxygen atoms in total. The molecule has 0 aliphatic carbocycles. The van der Waals surface area contributed by atoms with Gasteiger partial charge in [0.15, 0.2) is 4.80 Å². The lowest BCUT2D eigenvalue weighted by atomic mass is 9.95. The van der Waals surface area contributed by atoms with Crippen LogP contribution in [-0.2, 0) is 9.53 Å². The highest BCUT2D eigenvalue weighted by molar-refractivity contribution is 7.07. The van der Waals surface area contributed by atoms with Crippen LogP contribution in [0.5, 0.6) is 17.2 Å². The third kappa shape index (κ3) is 4.70. The van der Waals surface area contributed by atoms with Gasteiger partial charge in [0, 0.05) is 29.3 Å². The zero-order chi connectivity index (χ0) is 26.9. The van der Waals surface area contributed by atoms with Crippen molar-refractivity contribution < 1.29 is 29.0 Å². The van der Waals surface area contributed by atoms with Gasteiger partial charge in [0.25, 0.3) is 11.2 Å². The Bertz CT molecular complexity index is 1620. The van der Waals surface area contributed by atoms with E-state index in [2.05, 4.69) is 4.99 Å². The van der Waals surface area contributed by atoms with E-state index in [0.717, 1.165) is 11.3 Å². The summed E-state index contributed by atoms with van der Waals surface area (Å²) < 4.78 is 17.7. The van der Waals surface area contributed by atoms with Crippen molar-refractivity contribution in [2.45, 2.75) is 19.9 Å². The van der Waals surface area contributed by atoms with Crippen LogP contribution < -0.4 is 24.4 Å². The molecule has 2 aromatic carbocycles. The molecular weight excluding hydrogens is 502 g/mol. The summed E-state index contributed by atoms with van der Waals surface area (Å²) in [5, 5.41) is 21.5. The van der Waals surface area contributed by atoms with E-state index in [1.54, 1.807) is 32.0 Å². The molecule has 1 aromatic heterocycles. The Morgan fingerprint density at radius 3 is 2.65 bits per heavy atom. The Morgan fingerprint density at radius 2 is 2.00 bits per heavy atom. The summed E-state index contributed by atoms with van der Waals surface area (Å²) in [7, 11) is 2.97. The maximum Gasteiger partial charge on any atom is 0.338 e. The van der Waals surface area contributed by atoms with Gasteiger partial charge in [-0.15, -0.1) is 0 Å². The fourth-order valence-corrected chi connectivity index (χ4v) is 5.08. The number of nitro benzene ring substituents is 1. The molecule has 0 spiro atoms. The van der Waals surface area contributed by atoms with Gasteiger partial charge >= 0.3 is 5.97 Å². The number of aromatic nitrogens is 1. The van der Waals surface area contributed by atoms with Gasteiger partial charge in [-0.25, -0.2) is 9.79 Å². The molecule has 0 bridgehead atoms. The summed E-state index contributed by atoms with van der Waals surface area (Å²) in [5.74, 6) is 0.0460. The van der Waals surface area contributed by atoms with Crippen molar-refractivity contribution in [2.24, 2.45) is 4.99 Å². The molecule has 0 fully saturated rings. The first-order valence-electron chi connectivity index (χ1n) is 11.1. The smallest absolute Gasteiger partial charge is 0.338 e. The predicted molar refractivity (Wildman–Crippen MR) is 135 cm³/mol. The zero-order valence-corrected chi connectivity index (χ0v) is 21.2. The fourth-order valence-electron chi connectivity index (χ4n) is 4.04. The first kappa shape index (κ1) is 25.6. The van der Waals surface area contributed by atoms with E-state index in [1.807, 2.05) is 0 Å². The number of non-ortho nitro benzene ring substituents is 1. The lowest BCUT2D eigenvalue weighted by Crippen LogP contribution is -2.40. The molecule has 1 atom stereocenters. The maximum absolute atomic E-state index is 13.7. The second-order valence-electron chi connectivity index (χ2n) is 7.91. The number of hydrogen-bond acceptors (Lipinski definition) is 10. The van der Waals surface area contributed by atoms with Gasteiger partial charge < -0.3 is 19.3 Å². The van der Waals surface area contributed by atoms with E-state index >= 15 is 0 Å². The SMILES string of the molecule is CCOC(=O)C1=C(C)N=c2s/c(=C\c3cc([N+](=O)[O-])ccc3O)c(=O)n2[C@H]1c1ccc(OC)cc1OC. The zero-order valence-electron chi connectivity index (χ0n) is 20.4. The third-order valence-electron chi connectivity index (χ3n) is 5.76. The van der Waals surface area contributed by atoms with Crippen LogP contribution in [0.3, 0.4) is 0 Å². The highest BCUT2D eigenvalue weighted by Crippen LogP contribution is 2.37. The van der Waals surface area contributed by atoms with Crippen LogP contribution in [0.4, 0.5) is 5.69 Å². The van der Waals surface area contributed by atoms with Crippen LogP contribution >= 0.6 is 11.3 Å². The molecule has 0 radical (unpaired) electrons. The number of thiazole rings is 1. The quantitative estimate of drug-likeness (QED) is 0.282. The number of carbonyl (C=O) groups excluding carboxylic acids is 1. The number of carbonyl (C=O) groups is 1. The number of benzene rings is 2. The normalized spacial score (nSPS) is 15.1. The number of nitrogens with zero attached hydrogens (tertiary/aromatic N) is 3. The van der Waals surface area contributed by atoms with E-state index in [0.29, 0.717) is 27.6 Å². The summed E-state index contributed by atoms with van der Waals surface area (Å²) >= 11 is 1.03. The van der Waals surface area contributed by atoms with Gasteiger partial charge in [-0.1, -0.05) is 11.3 Å². The first-order chi connectivity index (χ1) is 17.7. The van der Waals surface area contributed by atoms with Crippen molar-refractivity contribution in [1.82, 2.24) is 4.57 Å². The maximum atomic E-state index is 13.7. The van der Waals surface area contributed by atoms with Gasteiger partial charge in [0.1, 0.15) is 23.3 Å². The second-order valence-corrected chi connectivity index (χ2v) is 8.92. The second kappa shape index (κ2) is 10.3. The van der Waals surface area contributed by atoms with Gasteiger partial charge in [-0.3, -0.25) is 19.5 Å². The average molecular weight is 526 g/mol. The first-order valence-corrected chi connectivity index (χ1v) is 11.9. The Hall–Kier alpha value is -4.45. The highest BCUT2D eigenvalue weighted by atomic mass is 32.1. The van der Waals surface area contributed by atoms with Crippen molar-refractivity contribution in [1.29, 1.82) is 0 Å². The standard InChI is InChI=1S/C25H23N3O8S/c1-5-36-24(31)21-13(2)26-25-27(22(21)17-8-7-16(34-3)12-19(17)35-4)23(30)20(37-25)11-14-10-15(28(32)33)6-9-18(14)29/h6-12,22,29H,5H2,1-4H3/b20-11-/t22-/m0/s1. The van der Waals surface area contributed by atoms with Gasteiger partial charge in [0.05, 0.1) is 41.6 Å². The molecule has 12 heteroatoms. The molecule has 1 N–H and O–H groups in total. The number of rotatable bonds is 7. The van der Waals surface area contributed by atoms with Crippen LogP contribution in [0.25, 0.3) is 6.08 Å². The molecule has 1 aliphatic rings. The number of hydrogen-bond donors (Lipinski definition) is 1. The van der Waals surface area contributed by atoms with Crippen LogP contribution in [0.2, 0.25) is 0 Å². The summed E-state index contributed by atoms with van der Waals surface area (Å²) in [6.45, 7) is 3.45. The fraction of sp³-hybridized carbons (Fsp3) is 0.240. The Morgan fingerprint density at radius 1 is 1.24 bits per heavy atom. The van der Waals surface area contributed by atoms with Gasteiger partial charge in [0.2, 0.25) is 0 Å². The number of phenols is 1. The van der Waals surface area contributed by atoms with Crippen LogP contribution in [-0.4, -0.2) is 41.4 Å². The van der Waals surface area contributed by atoms with E-state index in [4.69, 9.17) is 14.2 Å². The number of methoxy groups -OCH3 is 2. The highest BCUT2D eigenvalue weighted by Gasteiger charge is 2.35. The molecule has 0 saturated carbocycles. The minimum atomic E-state index is -0.933. The summed E-state index contributed by atoms with van der Waals surface area (Å²) in [6.07, 6.45) is 1.36. The van der Waals surface area contributed by atoms with E-state index in [9.17, 15) is 24.8 Å². The van der Waals surface area contributed by atoms with Crippen molar-refractivity contribution in [2.75, 3.05) is 20.8 Å². The summed E-state index contributed by atoms with van der Waals surface area (Å²) in [4.78, 5) is 42.2. The van der Waals surface area contributed by atoms with Crippen LogP contribution in [0.15, 0.2) is 57.5 Å². The molecular formula is C25H23N3O8S.